The third-order valence-electron chi connectivity index (χ3n) is 6.37. The van der Waals surface area contributed by atoms with E-state index >= 15 is 0 Å². The van der Waals surface area contributed by atoms with E-state index in [-0.39, 0.29) is 18.3 Å². The zero-order chi connectivity index (χ0) is 24.5. The molecular weight excluding hydrogens is 463 g/mol. The van der Waals surface area contributed by atoms with Crippen molar-refractivity contribution < 1.29 is 13.9 Å². The van der Waals surface area contributed by atoms with Crippen LogP contribution in [-0.2, 0) is 22.6 Å². The van der Waals surface area contributed by atoms with Gasteiger partial charge in [0, 0.05) is 43.3 Å². The summed E-state index contributed by atoms with van der Waals surface area (Å²) in [4.78, 5) is 17.4. The minimum absolute atomic E-state index is 0.0136. The van der Waals surface area contributed by atoms with E-state index in [4.69, 9.17) is 17.0 Å². The molecule has 186 valence electrons. The number of thiocarbonyl (C=S) groups is 1. The standard InChI is InChI=1S/C27H33FN4O2S/c28-23-10-8-20(9-11-23)18-34-19-26(33)29-13-4-3-5-21-16-32(17-21)27(35)30-14-12-22-15-31-25-7-2-1-6-24(22)25/h1-2,6-11,15,21,31H,3-5,12-14,16-19H2,(H,29,33)(H,30,35). The van der Waals surface area contributed by atoms with Gasteiger partial charge in [-0.1, -0.05) is 36.8 Å². The summed E-state index contributed by atoms with van der Waals surface area (Å²) in [6.45, 7) is 3.80. The highest BCUT2D eigenvalue weighted by atomic mass is 32.1. The van der Waals surface area contributed by atoms with Crippen molar-refractivity contribution >= 4 is 34.1 Å². The molecule has 35 heavy (non-hydrogen) atoms. The molecule has 0 bridgehead atoms. The van der Waals surface area contributed by atoms with Crippen molar-refractivity contribution in [2.75, 3.05) is 32.8 Å². The molecule has 2 aromatic carbocycles. The molecule has 6 nitrogen and oxygen atoms in total. The number of para-hydroxylation sites is 1. The Hall–Kier alpha value is -2.97. The third-order valence-corrected chi connectivity index (χ3v) is 6.77. The number of benzene rings is 2. The molecule has 1 amide bonds. The average molecular weight is 497 g/mol. The van der Waals surface area contributed by atoms with Crippen LogP contribution < -0.4 is 10.6 Å². The summed E-state index contributed by atoms with van der Waals surface area (Å²) in [5.41, 5.74) is 3.33. The molecule has 0 unspecified atom stereocenters. The summed E-state index contributed by atoms with van der Waals surface area (Å²) in [6, 6.07) is 14.4. The number of hydrogen-bond acceptors (Lipinski definition) is 3. The fourth-order valence-corrected chi connectivity index (χ4v) is 4.60. The second-order valence-corrected chi connectivity index (χ2v) is 9.46. The summed E-state index contributed by atoms with van der Waals surface area (Å²) >= 11 is 5.56. The van der Waals surface area contributed by atoms with Gasteiger partial charge in [-0.05, 0) is 66.7 Å². The van der Waals surface area contributed by atoms with Crippen LogP contribution in [0.25, 0.3) is 10.9 Å². The number of aromatic amines is 1. The van der Waals surface area contributed by atoms with E-state index in [1.165, 1.54) is 28.6 Å². The van der Waals surface area contributed by atoms with Gasteiger partial charge in [-0.3, -0.25) is 4.79 Å². The highest BCUT2D eigenvalue weighted by Gasteiger charge is 2.27. The van der Waals surface area contributed by atoms with Gasteiger partial charge in [0.1, 0.15) is 12.4 Å². The zero-order valence-corrected chi connectivity index (χ0v) is 20.7. The van der Waals surface area contributed by atoms with Crippen LogP contribution in [0, 0.1) is 11.7 Å². The summed E-state index contributed by atoms with van der Waals surface area (Å²) in [5.74, 6) is 0.266. The topological polar surface area (TPSA) is 69.4 Å². The number of nitrogens with zero attached hydrogens (tertiary/aromatic N) is 1. The molecule has 1 aliphatic rings. The first-order valence-electron chi connectivity index (χ1n) is 12.2. The van der Waals surface area contributed by atoms with E-state index in [2.05, 4.69) is 44.9 Å². The van der Waals surface area contributed by atoms with E-state index in [1.807, 2.05) is 6.07 Å². The number of nitrogens with one attached hydrogen (secondary N) is 3. The Kier molecular flexibility index (Phi) is 9.08. The van der Waals surface area contributed by atoms with E-state index in [1.54, 1.807) is 12.1 Å². The first-order valence-corrected chi connectivity index (χ1v) is 12.7. The van der Waals surface area contributed by atoms with Crippen molar-refractivity contribution in [2.24, 2.45) is 5.92 Å². The minimum Gasteiger partial charge on any atom is -0.367 e. The predicted molar refractivity (Wildman–Crippen MR) is 141 cm³/mol. The SMILES string of the molecule is O=C(COCc1ccc(F)cc1)NCCCCC1CN(C(=S)NCCc2c[nH]c3ccccc23)C1. The average Bonchev–Trinajstić information content (AvgIpc) is 3.24. The molecule has 0 atom stereocenters. The Morgan fingerprint density at radius 2 is 1.89 bits per heavy atom. The lowest BCUT2D eigenvalue weighted by atomic mass is 9.94. The third kappa shape index (κ3) is 7.50. The van der Waals surface area contributed by atoms with E-state index < -0.39 is 0 Å². The molecule has 1 aliphatic heterocycles. The molecule has 0 aliphatic carbocycles. The van der Waals surface area contributed by atoms with Crippen LogP contribution in [0.4, 0.5) is 4.39 Å². The van der Waals surface area contributed by atoms with Crippen molar-refractivity contribution in [3.05, 3.63) is 71.7 Å². The van der Waals surface area contributed by atoms with Crippen molar-refractivity contribution in [3.8, 4) is 0 Å². The zero-order valence-electron chi connectivity index (χ0n) is 19.9. The smallest absolute Gasteiger partial charge is 0.246 e. The second kappa shape index (κ2) is 12.7. The lowest BCUT2D eigenvalue weighted by Gasteiger charge is -2.41. The fourth-order valence-electron chi connectivity index (χ4n) is 4.35. The van der Waals surface area contributed by atoms with Gasteiger partial charge in [0.25, 0.3) is 0 Å². The highest BCUT2D eigenvalue weighted by Crippen LogP contribution is 2.21. The van der Waals surface area contributed by atoms with Crippen molar-refractivity contribution in [3.63, 3.8) is 0 Å². The number of amides is 1. The van der Waals surface area contributed by atoms with Gasteiger partial charge in [-0.15, -0.1) is 0 Å². The molecule has 1 saturated heterocycles. The first-order chi connectivity index (χ1) is 17.1. The molecule has 0 saturated carbocycles. The molecule has 3 aromatic rings. The number of rotatable bonds is 12. The second-order valence-electron chi connectivity index (χ2n) is 9.08. The summed E-state index contributed by atoms with van der Waals surface area (Å²) < 4.78 is 18.3. The van der Waals surface area contributed by atoms with Gasteiger partial charge in [0.15, 0.2) is 5.11 Å². The van der Waals surface area contributed by atoms with Crippen LogP contribution in [0.2, 0.25) is 0 Å². The molecule has 2 heterocycles. The van der Waals surface area contributed by atoms with E-state index in [0.717, 1.165) is 56.0 Å². The number of hydrogen-bond donors (Lipinski definition) is 3. The molecule has 3 N–H and O–H groups in total. The Labute approximate surface area is 211 Å². The van der Waals surface area contributed by atoms with Crippen LogP contribution >= 0.6 is 12.2 Å². The Balaban J connectivity index is 0.994. The van der Waals surface area contributed by atoms with Gasteiger partial charge < -0.3 is 25.3 Å². The van der Waals surface area contributed by atoms with Crippen LogP contribution in [0.15, 0.2) is 54.7 Å². The Morgan fingerprint density at radius 1 is 1.09 bits per heavy atom. The number of aromatic nitrogens is 1. The number of carbonyl (C=O) groups excluding carboxylic acids is 1. The lowest BCUT2D eigenvalue weighted by Crippen LogP contribution is -2.53. The van der Waals surface area contributed by atoms with Crippen LogP contribution in [0.1, 0.15) is 30.4 Å². The molecule has 0 radical (unpaired) electrons. The van der Waals surface area contributed by atoms with Gasteiger partial charge in [-0.2, -0.15) is 0 Å². The van der Waals surface area contributed by atoms with Gasteiger partial charge in [0.2, 0.25) is 5.91 Å². The van der Waals surface area contributed by atoms with Gasteiger partial charge >= 0.3 is 0 Å². The van der Waals surface area contributed by atoms with Gasteiger partial charge in [-0.25, -0.2) is 4.39 Å². The summed E-state index contributed by atoms with van der Waals surface area (Å²) in [7, 11) is 0. The first kappa shape index (κ1) is 25.1. The molecule has 4 rings (SSSR count). The van der Waals surface area contributed by atoms with Crippen LogP contribution in [0.5, 0.6) is 0 Å². The summed E-state index contributed by atoms with van der Waals surface area (Å²) in [5, 5.41) is 8.40. The maximum atomic E-state index is 12.9. The van der Waals surface area contributed by atoms with Crippen molar-refractivity contribution in [1.82, 2.24) is 20.5 Å². The Bertz CT molecular complexity index is 1110. The number of ether oxygens (including phenoxy) is 1. The van der Waals surface area contributed by atoms with Crippen LogP contribution in [-0.4, -0.2) is 53.7 Å². The number of fused-ring (bicyclic) bond motifs is 1. The van der Waals surface area contributed by atoms with Gasteiger partial charge in [0.05, 0.1) is 6.61 Å². The number of unbranched alkanes of at least 4 members (excludes halogenated alkanes) is 1. The minimum atomic E-state index is -0.280. The highest BCUT2D eigenvalue weighted by molar-refractivity contribution is 7.80. The molecule has 1 fully saturated rings. The quantitative estimate of drug-likeness (QED) is 0.260. The summed E-state index contributed by atoms with van der Waals surface area (Å²) in [6.07, 6.45) is 6.19. The molecule has 8 heteroatoms. The Morgan fingerprint density at radius 3 is 2.71 bits per heavy atom. The molecular formula is C27H33FN4O2S. The van der Waals surface area contributed by atoms with Crippen molar-refractivity contribution in [2.45, 2.75) is 32.3 Å². The monoisotopic (exact) mass is 496 g/mol. The van der Waals surface area contributed by atoms with E-state index in [0.29, 0.717) is 19.1 Å². The van der Waals surface area contributed by atoms with Crippen molar-refractivity contribution in [1.29, 1.82) is 0 Å². The molecule has 1 aromatic heterocycles. The maximum Gasteiger partial charge on any atom is 0.246 e. The normalized spacial score (nSPS) is 13.6. The maximum absolute atomic E-state index is 12.9. The lowest BCUT2D eigenvalue weighted by molar-refractivity contribution is -0.126. The number of carbonyl (C=O) groups is 1. The molecule has 0 spiro atoms. The number of halogens is 1. The number of H-pyrrole nitrogens is 1. The van der Waals surface area contributed by atoms with E-state index in [9.17, 15) is 9.18 Å². The number of likely N-dealkylation sites (tertiary alicyclic amines) is 1. The largest absolute Gasteiger partial charge is 0.367 e. The predicted octanol–water partition coefficient (Wildman–Crippen LogP) is 4.16. The fraction of sp³-hybridized carbons (Fsp3) is 0.407. The van der Waals surface area contributed by atoms with Crippen LogP contribution in [0.3, 0.4) is 0 Å².